The molecule has 9 heteroatoms. The van der Waals surface area contributed by atoms with Crippen LogP contribution in [0.4, 0.5) is 20.4 Å². The van der Waals surface area contributed by atoms with Gasteiger partial charge >= 0.3 is 5.92 Å². The Morgan fingerprint density at radius 2 is 1.79 bits per heavy atom. The Bertz CT molecular complexity index is 1140. The van der Waals surface area contributed by atoms with Crippen LogP contribution in [0.3, 0.4) is 0 Å². The van der Waals surface area contributed by atoms with Crippen LogP contribution in [0.1, 0.15) is 49.6 Å². The Morgan fingerprint density at radius 3 is 2.52 bits per heavy atom. The molecule has 33 heavy (non-hydrogen) atoms. The molecule has 1 aliphatic carbocycles. The zero-order valence-corrected chi connectivity index (χ0v) is 20.2. The SMILES string of the molecule is CC(F)(F)c1nc(Nc2ccc3c(c2)CCC(N2CCCC2)CC3)n(-c2cccc(Br)n2)n1. The fraction of sp³-hybridized carbons (Fsp3) is 0.458. The number of alkyl halides is 2. The van der Waals surface area contributed by atoms with Gasteiger partial charge in [-0.1, -0.05) is 12.1 Å². The number of hydrogen-bond donors (Lipinski definition) is 1. The summed E-state index contributed by atoms with van der Waals surface area (Å²) in [6, 6.07) is 12.2. The molecule has 3 heterocycles. The summed E-state index contributed by atoms with van der Waals surface area (Å²) in [5, 5.41) is 7.26. The second-order valence-corrected chi connectivity index (χ2v) is 9.77. The van der Waals surface area contributed by atoms with E-state index in [0.717, 1.165) is 31.9 Å². The molecule has 0 radical (unpaired) electrons. The minimum atomic E-state index is -3.16. The number of fused-ring (bicyclic) bond motifs is 1. The third kappa shape index (κ3) is 4.94. The van der Waals surface area contributed by atoms with E-state index in [-0.39, 0.29) is 5.95 Å². The van der Waals surface area contributed by atoms with Gasteiger partial charge in [0.1, 0.15) is 4.60 Å². The molecule has 2 aromatic heterocycles. The maximum Gasteiger partial charge on any atom is 0.305 e. The van der Waals surface area contributed by atoms with Crippen molar-refractivity contribution in [2.75, 3.05) is 18.4 Å². The van der Waals surface area contributed by atoms with Gasteiger partial charge in [-0.05, 0) is 103 Å². The number of nitrogens with zero attached hydrogens (tertiary/aromatic N) is 5. The van der Waals surface area contributed by atoms with Gasteiger partial charge in [0, 0.05) is 18.7 Å². The summed E-state index contributed by atoms with van der Waals surface area (Å²) in [5.41, 5.74) is 3.50. The number of nitrogens with one attached hydrogen (secondary N) is 1. The van der Waals surface area contributed by atoms with Crippen LogP contribution in [-0.2, 0) is 18.8 Å². The lowest BCUT2D eigenvalue weighted by Gasteiger charge is -2.25. The van der Waals surface area contributed by atoms with Crippen molar-refractivity contribution in [3.63, 3.8) is 0 Å². The third-order valence-electron chi connectivity index (χ3n) is 6.53. The monoisotopic (exact) mass is 516 g/mol. The van der Waals surface area contributed by atoms with E-state index in [1.165, 1.54) is 48.2 Å². The number of aromatic nitrogens is 4. The van der Waals surface area contributed by atoms with Gasteiger partial charge < -0.3 is 10.2 Å². The summed E-state index contributed by atoms with van der Waals surface area (Å²) in [5.74, 6) is -3.10. The van der Waals surface area contributed by atoms with Crippen molar-refractivity contribution in [3.8, 4) is 5.82 Å². The minimum Gasteiger partial charge on any atom is -0.324 e. The van der Waals surface area contributed by atoms with Crippen molar-refractivity contribution in [3.05, 3.63) is 58.0 Å². The molecule has 1 aliphatic heterocycles. The molecule has 1 unspecified atom stereocenters. The summed E-state index contributed by atoms with van der Waals surface area (Å²) < 4.78 is 29.9. The fourth-order valence-corrected chi connectivity index (χ4v) is 5.16. The van der Waals surface area contributed by atoms with Crippen LogP contribution in [0.2, 0.25) is 0 Å². The van der Waals surface area contributed by atoms with Crippen LogP contribution in [0.25, 0.3) is 5.82 Å². The summed E-state index contributed by atoms with van der Waals surface area (Å²) in [7, 11) is 0. The number of anilines is 2. The molecule has 3 aromatic rings. The quantitative estimate of drug-likeness (QED) is 0.352. The Hall–Kier alpha value is -2.39. The topological polar surface area (TPSA) is 58.9 Å². The normalized spacial score (nSPS) is 19.3. The molecule has 2 aliphatic rings. The lowest BCUT2D eigenvalue weighted by molar-refractivity contribution is 0.00786. The van der Waals surface area contributed by atoms with Gasteiger partial charge in [0.25, 0.3) is 0 Å². The highest BCUT2D eigenvalue weighted by atomic mass is 79.9. The molecule has 1 aromatic carbocycles. The number of hydrogen-bond acceptors (Lipinski definition) is 5. The average molecular weight is 517 g/mol. The van der Waals surface area contributed by atoms with Crippen LogP contribution in [0, 0.1) is 0 Å². The second-order valence-electron chi connectivity index (χ2n) is 8.96. The zero-order chi connectivity index (χ0) is 23.0. The number of benzene rings is 1. The van der Waals surface area contributed by atoms with Crippen molar-refractivity contribution < 1.29 is 8.78 Å². The number of likely N-dealkylation sites (tertiary alicyclic amines) is 1. The molecule has 1 N–H and O–H groups in total. The standard InChI is InChI=1S/C24H27BrF2N6/c1-24(26,27)22-30-23(33(31-22)21-6-4-5-20(25)29-21)28-18-10-7-16-8-11-19(12-9-17(16)15-18)32-13-2-3-14-32/h4-7,10,15,19H,2-3,8-9,11-14H2,1H3,(H,28,30,31). The smallest absolute Gasteiger partial charge is 0.305 e. The average Bonchev–Trinajstić information content (AvgIpc) is 3.41. The number of pyridine rings is 1. The summed E-state index contributed by atoms with van der Waals surface area (Å²) in [4.78, 5) is 11.1. The van der Waals surface area contributed by atoms with Gasteiger partial charge in [-0.25, -0.2) is 4.98 Å². The maximum absolute atomic E-state index is 14.0. The zero-order valence-electron chi connectivity index (χ0n) is 18.6. The third-order valence-corrected chi connectivity index (χ3v) is 6.97. The van der Waals surface area contributed by atoms with Crippen LogP contribution in [-0.4, -0.2) is 43.8 Å². The van der Waals surface area contributed by atoms with Gasteiger partial charge in [-0.2, -0.15) is 18.4 Å². The highest BCUT2D eigenvalue weighted by Gasteiger charge is 2.32. The summed E-state index contributed by atoms with van der Waals surface area (Å²) >= 11 is 3.33. The molecule has 5 rings (SSSR count). The first-order chi connectivity index (χ1) is 15.9. The molecule has 6 nitrogen and oxygen atoms in total. The Kier molecular flexibility index (Phi) is 6.18. The summed E-state index contributed by atoms with van der Waals surface area (Å²) in [6.45, 7) is 3.24. The van der Waals surface area contributed by atoms with E-state index < -0.39 is 11.7 Å². The summed E-state index contributed by atoms with van der Waals surface area (Å²) in [6.07, 6.45) is 7.05. The molecule has 1 fully saturated rings. The van der Waals surface area contributed by atoms with Crippen LogP contribution in [0.15, 0.2) is 41.0 Å². The highest BCUT2D eigenvalue weighted by molar-refractivity contribution is 9.10. The van der Waals surface area contributed by atoms with Gasteiger partial charge in [-0.3, -0.25) is 0 Å². The molecule has 0 bridgehead atoms. The first-order valence-corrected chi connectivity index (χ1v) is 12.3. The van der Waals surface area contributed by atoms with E-state index >= 15 is 0 Å². The number of aryl methyl sites for hydroxylation is 2. The van der Waals surface area contributed by atoms with Crippen molar-refractivity contribution in [1.29, 1.82) is 0 Å². The molecular formula is C24H27BrF2N6. The predicted octanol–water partition coefficient (Wildman–Crippen LogP) is 5.62. The van der Waals surface area contributed by atoms with Crippen LogP contribution < -0.4 is 5.32 Å². The number of rotatable bonds is 5. The predicted molar refractivity (Wildman–Crippen MR) is 127 cm³/mol. The van der Waals surface area contributed by atoms with Crippen LogP contribution >= 0.6 is 15.9 Å². The molecular weight excluding hydrogens is 490 g/mol. The lowest BCUT2D eigenvalue weighted by Crippen LogP contribution is -2.32. The van der Waals surface area contributed by atoms with Gasteiger partial charge in [0.15, 0.2) is 5.82 Å². The van der Waals surface area contributed by atoms with E-state index in [4.69, 9.17) is 0 Å². The van der Waals surface area contributed by atoms with Gasteiger partial charge in [0.05, 0.1) is 0 Å². The lowest BCUT2D eigenvalue weighted by atomic mass is 10.0. The second kappa shape index (κ2) is 9.10. The molecule has 0 saturated carbocycles. The highest BCUT2D eigenvalue weighted by Crippen LogP contribution is 2.31. The Labute approximate surface area is 200 Å². The van der Waals surface area contributed by atoms with Gasteiger partial charge in [-0.15, -0.1) is 5.10 Å². The maximum atomic E-state index is 14.0. The van der Waals surface area contributed by atoms with E-state index in [1.54, 1.807) is 18.2 Å². The van der Waals surface area contributed by atoms with E-state index in [1.807, 2.05) is 6.07 Å². The van der Waals surface area contributed by atoms with Crippen molar-refractivity contribution in [2.45, 2.75) is 57.4 Å². The first-order valence-electron chi connectivity index (χ1n) is 11.5. The minimum absolute atomic E-state index is 0.209. The molecule has 174 valence electrons. The van der Waals surface area contributed by atoms with E-state index in [0.29, 0.717) is 16.5 Å². The Balaban J connectivity index is 1.41. The first kappa shape index (κ1) is 22.4. The van der Waals surface area contributed by atoms with E-state index in [9.17, 15) is 8.78 Å². The molecule has 0 spiro atoms. The van der Waals surface area contributed by atoms with Crippen molar-refractivity contribution in [1.82, 2.24) is 24.6 Å². The molecule has 0 amide bonds. The fourth-order valence-electron chi connectivity index (χ4n) is 4.82. The van der Waals surface area contributed by atoms with E-state index in [2.05, 4.69) is 53.3 Å². The largest absolute Gasteiger partial charge is 0.324 e. The molecule has 1 atom stereocenters. The van der Waals surface area contributed by atoms with Crippen molar-refractivity contribution in [2.24, 2.45) is 0 Å². The van der Waals surface area contributed by atoms with Crippen LogP contribution in [0.5, 0.6) is 0 Å². The Morgan fingerprint density at radius 1 is 1.03 bits per heavy atom. The van der Waals surface area contributed by atoms with Gasteiger partial charge in [0.2, 0.25) is 11.8 Å². The number of halogens is 3. The van der Waals surface area contributed by atoms with Crippen molar-refractivity contribution >= 4 is 27.6 Å². The molecule has 1 saturated heterocycles.